The molecule has 3 heteroatoms. The third-order valence-corrected chi connectivity index (χ3v) is 4.34. The Morgan fingerprint density at radius 3 is 2.45 bits per heavy atom. The molecule has 0 fully saturated rings. The van der Waals surface area contributed by atoms with Crippen LogP contribution in [0.5, 0.6) is 0 Å². The summed E-state index contributed by atoms with van der Waals surface area (Å²) in [4.78, 5) is 2.37. The maximum atomic E-state index is 6.49. The molecular weight excluding hydrogens is 248 g/mol. The molecule has 0 spiro atoms. The molecule has 2 N–H and O–H groups in total. The zero-order valence-electron chi connectivity index (χ0n) is 13.2. The SMILES string of the molecule is CCN(CC)C(C)(C)C(N)c1cc2cc(C)ccc2o1. The summed E-state index contributed by atoms with van der Waals surface area (Å²) in [6, 6.07) is 8.16. The quantitative estimate of drug-likeness (QED) is 0.900. The fraction of sp³-hybridized carbons (Fsp3) is 0.529. The minimum atomic E-state index is -0.143. The zero-order chi connectivity index (χ0) is 14.9. The van der Waals surface area contributed by atoms with Gasteiger partial charge in [0.1, 0.15) is 11.3 Å². The second kappa shape index (κ2) is 5.58. The molecule has 0 aliphatic carbocycles. The van der Waals surface area contributed by atoms with Crippen LogP contribution in [-0.4, -0.2) is 23.5 Å². The number of nitrogens with two attached hydrogens (primary N) is 1. The van der Waals surface area contributed by atoms with Gasteiger partial charge >= 0.3 is 0 Å². The van der Waals surface area contributed by atoms with E-state index < -0.39 is 0 Å². The van der Waals surface area contributed by atoms with Gasteiger partial charge in [-0.05, 0) is 52.1 Å². The smallest absolute Gasteiger partial charge is 0.134 e. The molecule has 0 radical (unpaired) electrons. The van der Waals surface area contributed by atoms with Crippen molar-refractivity contribution in [3.63, 3.8) is 0 Å². The molecular formula is C17H26N2O. The molecule has 2 rings (SSSR count). The van der Waals surface area contributed by atoms with Gasteiger partial charge in [0, 0.05) is 10.9 Å². The van der Waals surface area contributed by atoms with Gasteiger partial charge in [0.15, 0.2) is 0 Å². The van der Waals surface area contributed by atoms with Gasteiger partial charge in [-0.3, -0.25) is 4.90 Å². The Hall–Kier alpha value is -1.32. The Labute approximate surface area is 121 Å². The third kappa shape index (κ3) is 2.60. The van der Waals surface area contributed by atoms with Crippen LogP contribution in [-0.2, 0) is 0 Å². The largest absolute Gasteiger partial charge is 0.459 e. The van der Waals surface area contributed by atoms with Gasteiger partial charge < -0.3 is 10.2 Å². The number of nitrogens with zero attached hydrogens (tertiary/aromatic N) is 1. The van der Waals surface area contributed by atoms with Crippen LogP contribution in [0.15, 0.2) is 28.7 Å². The lowest BCUT2D eigenvalue weighted by Gasteiger charge is -2.40. The van der Waals surface area contributed by atoms with Crippen molar-refractivity contribution >= 4 is 11.0 Å². The van der Waals surface area contributed by atoms with Gasteiger partial charge in [0.25, 0.3) is 0 Å². The fourth-order valence-electron chi connectivity index (χ4n) is 2.92. The molecule has 0 saturated heterocycles. The van der Waals surface area contributed by atoms with Gasteiger partial charge in [-0.25, -0.2) is 0 Å². The number of hydrogen-bond acceptors (Lipinski definition) is 3. The first-order valence-corrected chi connectivity index (χ1v) is 7.40. The molecule has 1 aromatic heterocycles. The molecule has 0 amide bonds. The van der Waals surface area contributed by atoms with E-state index in [1.807, 2.05) is 6.07 Å². The number of benzene rings is 1. The molecule has 2 aromatic rings. The second-order valence-electron chi connectivity index (χ2n) is 5.99. The van der Waals surface area contributed by atoms with E-state index >= 15 is 0 Å². The van der Waals surface area contributed by atoms with Crippen LogP contribution in [0.1, 0.15) is 45.1 Å². The van der Waals surface area contributed by atoms with Crippen LogP contribution in [0, 0.1) is 6.92 Å². The van der Waals surface area contributed by atoms with Gasteiger partial charge in [0.05, 0.1) is 6.04 Å². The van der Waals surface area contributed by atoms with Crippen molar-refractivity contribution in [1.82, 2.24) is 4.90 Å². The molecule has 3 nitrogen and oxygen atoms in total. The molecule has 0 saturated carbocycles. The Morgan fingerprint density at radius 2 is 1.85 bits per heavy atom. The summed E-state index contributed by atoms with van der Waals surface area (Å²) >= 11 is 0. The topological polar surface area (TPSA) is 42.4 Å². The molecule has 1 atom stereocenters. The number of furan rings is 1. The minimum absolute atomic E-state index is 0.133. The summed E-state index contributed by atoms with van der Waals surface area (Å²) in [5.74, 6) is 0.863. The Kier molecular flexibility index (Phi) is 4.21. The van der Waals surface area contributed by atoms with Crippen molar-refractivity contribution < 1.29 is 4.42 Å². The summed E-state index contributed by atoms with van der Waals surface area (Å²) in [6.07, 6.45) is 0. The van der Waals surface area contributed by atoms with Crippen molar-refractivity contribution in [2.24, 2.45) is 5.73 Å². The van der Waals surface area contributed by atoms with Gasteiger partial charge in [0.2, 0.25) is 0 Å². The molecule has 1 unspecified atom stereocenters. The van der Waals surface area contributed by atoms with Crippen molar-refractivity contribution in [3.8, 4) is 0 Å². The number of likely N-dealkylation sites (N-methyl/N-ethyl adjacent to an activating group) is 1. The van der Waals surface area contributed by atoms with Crippen LogP contribution in [0.2, 0.25) is 0 Å². The lowest BCUT2D eigenvalue weighted by Crippen LogP contribution is -2.51. The van der Waals surface area contributed by atoms with E-state index in [0.29, 0.717) is 0 Å². The highest BCUT2D eigenvalue weighted by Crippen LogP contribution is 2.32. The molecule has 0 bridgehead atoms. The summed E-state index contributed by atoms with van der Waals surface area (Å²) < 4.78 is 5.96. The molecule has 1 aromatic carbocycles. The molecule has 0 aliphatic rings. The van der Waals surface area contributed by atoms with Gasteiger partial charge in [-0.15, -0.1) is 0 Å². The number of aryl methyl sites for hydroxylation is 1. The zero-order valence-corrected chi connectivity index (χ0v) is 13.2. The molecule has 0 aliphatic heterocycles. The highest BCUT2D eigenvalue weighted by atomic mass is 16.3. The van der Waals surface area contributed by atoms with Crippen molar-refractivity contribution in [3.05, 3.63) is 35.6 Å². The lowest BCUT2D eigenvalue weighted by molar-refractivity contribution is 0.0990. The predicted molar refractivity (Wildman–Crippen MR) is 84.9 cm³/mol. The number of fused-ring (bicyclic) bond motifs is 1. The first-order valence-electron chi connectivity index (χ1n) is 7.40. The Bertz CT molecular complexity index is 582. The van der Waals surface area contributed by atoms with E-state index in [1.54, 1.807) is 0 Å². The molecule has 20 heavy (non-hydrogen) atoms. The van der Waals surface area contributed by atoms with Crippen LogP contribution in [0.25, 0.3) is 11.0 Å². The monoisotopic (exact) mass is 274 g/mol. The second-order valence-corrected chi connectivity index (χ2v) is 5.99. The first-order chi connectivity index (χ1) is 9.40. The van der Waals surface area contributed by atoms with Crippen LogP contribution in [0.3, 0.4) is 0 Å². The van der Waals surface area contributed by atoms with E-state index in [1.165, 1.54) is 5.56 Å². The lowest BCUT2D eigenvalue weighted by atomic mass is 9.91. The summed E-state index contributed by atoms with van der Waals surface area (Å²) in [6.45, 7) is 12.8. The van der Waals surface area contributed by atoms with Crippen LogP contribution >= 0.6 is 0 Å². The molecule has 110 valence electrons. The number of rotatable bonds is 5. The van der Waals surface area contributed by atoms with Gasteiger partial charge in [-0.1, -0.05) is 25.5 Å². The maximum absolute atomic E-state index is 6.49. The van der Waals surface area contributed by atoms with E-state index in [0.717, 1.165) is 29.8 Å². The maximum Gasteiger partial charge on any atom is 0.134 e. The van der Waals surface area contributed by atoms with E-state index in [9.17, 15) is 0 Å². The average molecular weight is 274 g/mol. The highest BCUT2D eigenvalue weighted by molar-refractivity contribution is 5.78. The summed E-state index contributed by atoms with van der Waals surface area (Å²) in [5.41, 5.74) is 8.51. The third-order valence-electron chi connectivity index (χ3n) is 4.34. The van der Waals surface area contributed by atoms with Crippen LogP contribution < -0.4 is 5.73 Å². The van der Waals surface area contributed by atoms with Crippen molar-refractivity contribution in [2.45, 2.75) is 46.2 Å². The van der Waals surface area contributed by atoms with E-state index in [2.05, 4.69) is 57.7 Å². The fourth-order valence-corrected chi connectivity index (χ4v) is 2.92. The van der Waals surface area contributed by atoms with E-state index in [4.69, 9.17) is 10.2 Å². The average Bonchev–Trinajstić information content (AvgIpc) is 2.81. The standard InChI is InChI=1S/C17H26N2O/c1-6-19(7-2)17(4,5)16(18)15-11-13-10-12(3)8-9-14(13)20-15/h8-11,16H,6-7,18H2,1-5H3. The Morgan fingerprint density at radius 1 is 1.20 bits per heavy atom. The first kappa shape index (κ1) is 15.1. The summed E-state index contributed by atoms with van der Waals surface area (Å²) in [7, 11) is 0. The summed E-state index contributed by atoms with van der Waals surface area (Å²) in [5, 5.41) is 1.13. The number of hydrogen-bond donors (Lipinski definition) is 1. The van der Waals surface area contributed by atoms with Crippen molar-refractivity contribution in [1.29, 1.82) is 0 Å². The normalized spacial score (nSPS) is 14.2. The Balaban J connectivity index is 2.37. The minimum Gasteiger partial charge on any atom is -0.459 e. The molecule has 1 heterocycles. The van der Waals surface area contributed by atoms with Gasteiger partial charge in [-0.2, -0.15) is 0 Å². The van der Waals surface area contributed by atoms with E-state index in [-0.39, 0.29) is 11.6 Å². The van der Waals surface area contributed by atoms with Crippen molar-refractivity contribution in [2.75, 3.05) is 13.1 Å². The highest BCUT2D eigenvalue weighted by Gasteiger charge is 2.34. The van der Waals surface area contributed by atoms with Crippen LogP contribution in [0.4, 0.5) is 0 Å². The predicted octanol–water partition coefficient (Wildman–Crippen LogP) is 3.86.